The van der Waals surface area contributed by atoms with Crippen LogP contribution in [0, 0.1) is 29.4 Å². The molecule has 0 bridgehead atoms. The van der Waals surface area contributed by atoms with E-state index in [-0.39, 0.29) is 17.8 Å². The van der Waals surface area contributed by atoms with Gasteiger partial charge in [-0.15, -0.1) is 6.42 Å². The molecule has 0 aliphatic rings. The molecule has 72 valence electrons. The van der Waals surface area contributed by atoms with Gasteiger partial charge >= 0.3 is 0 Å². The summed E-state index contributed by atoms with van der Waals surface area (Å²) >= 11 is 0. The highest BCUT2D eigenvalue weighted by atomic mass is 16.6. The summed E-state index contributed by atoms with van der Waals surface area (Å²) in [6.45, 7) is 1.56. The lowest BCUT2D eigenvalue weighted by atomic mass is 10.2. The number of nitrogens with zero attached hydrogens (tertiary/aromatic N) is 2. The quantitative estimate of drug-likeness (QED) is 0.393. The van der Waals surface area contributed by atoms with Gasteiger partial charge in [-0.25, -0.2) is 0 Å². The average molecular weight is 192 g/mol. The molecule has 0 unspecified atom stereocenters. The van der Waals surface area contributed by atoms with Crippen LogP contribution < -0.4 is 5.56 Å². The number of aromatic nitrogens is 1. The Kier molecular flexibility index (Phi) is 2.67. The van der Waals surface area contributed by atoms with Crippen molar-refractivity contribution < 1.29 is 4.92 Å². The van der Waals surface area contributed by atoms with Crippen LogP contribution >= 0.6 is 0 Å². The molecular formula is C9H8N2O3. The maximum atomic E-state index is 11.2. The van der Waals surface area contributed by atoms with Crippen LogP contribution in [0.25, 0.3) is 0 Å². The molecule has 5 heteroatoms. The van der Waals surface area contributed by atoms with Gasteiger partial charge < -0.3 is 0 Å². The van der Waals surface area contributed by atoms with E-state index in [1.807, 2.05) is 0 Å². The van der Waals surface area contributed by atoms with Crippen LogP contribution in [-0.2, 0) is 6.54 Å². The van der Waals surface area contributed by atoms with Gasteiger partial charge in [0.25, 0.3) is 11.2 Å². The Bertz CT molecular complexity index is 468. The molecule has 0 aliphatic heterocycles. The molecule has 0 atom stereocenters. The van der Waals surface area contributed by atoms with Crippen molar-refractivity contribution in [3.05, 3.63) is 38.3 Å². The molecule has 0 aliphatic carbocycles. The first-order valence-corrected chi connectivity index (χ1v) is 3.85. The fourth-order valence-corrected chi connectivity index (χ4v) is 1.07. The molecule has 0 fully saturated rings. The van der Waals surface area contributed by atoms with E-state index in [2.05, 4.69) is 5.92 Å². The number of hydrogen-bond donors (Lipinski definition) is 0. The van der Waals surface area contributed by atoms with E-state index in [0.717, 1.165) is 10.8 Å². The largest absolute Gasteiger partial charge is 0.297 e. The second kappa shape index (κ2) is 3.75. The summed E-state index contributed by atoms with van der Waals surface area (Å²) in [5.41, 5.74) is -0.0841. The highest BCUT2D eigenvalue weighted by Crippen LogP contribution is 2.13. The zero-order chi connectivity index (χ0) is 10.7. The van der Waals surface area contributed by atoms with Crippen molar-refractivity contribution in [1.29, 1.82) is 0 Å². The van der Waals surface area contributed by atoms with Gasteiger partial charge in [0.2, 0.25) is 0 Å². The Morgan fingerprint density at radius 2 is 2.36 bits per heavy atom. The highest BCUT2D eigenvalue weighted by molar-refractivity contribution is 5.35. The first-order valence-electron chi connectivity index (χ1n) is 3.85. The molecule has 0 saturated heterocycles. The van der Waals surface area contributed by atoms with Gasteiger partial charge in [0, 0.05) is 11.6 Å². The molecule has 0 saturated carbocycles. The van der Waals surface area contributed by atoms with E-state index in [9.17, 15) is 14.9 Å². The lowest BCUT2D eigenvalue weighted by Crippen LogP contribution is -2.19. The van der Waals surface area contributed by atoms with Crippen molar-refractivity contribution in [3.8, 4) is 12.3 Å². The zero-order valence-electron chi connectivity index (χ0n) is 7.56. The summed E-state index contributed by atoms with van der Waals surface area (Å²) in [4.78, 5) is 21.2. The first kappa shape index (κ1) is 9.99. The molecule has 0 aromatic carbocycles. The predicted molar refractivity (Wildman–Crippen MR) is 50.9 cm³/mol. The average Bonchev–Trinajstić information content (AvgIpc) is 2.09. The van der Waals surface area contributed by atoms with Crippen LogP contribution in [0.15, 0.2) is 17.1 Å². The predicted octanol–water partition coefficient (Wildman–Crippen LogP) is 0.698. The van der Waals surface area contributed by atoms with E-state index in [1.165, 1.54) is 13.0 Å². The minimum absolute atomic E-state index is 0.0416. The van der Waals surface area contributed by atoms with Crippen molar-refractivity contribution in [2.45, 2.75) is 13.5 Å². The van der Waals surface area contributed by atoms with E-state index in [0.29, 0.717) is 5.56 Å². The monoisotopic (exact) mass is 192 g/mol. The van der Waals surface area contributed by atoms with Crippen molar-refractivity contribution >= 4 is 5.69 Å². The third kappa shape index (κ3) is 1.80. The molecular weight excluding hydrogens is 184 g/mol. The second-order valence-electron chi connectivity index (χ2n) is 2.77. The number of nitro groups is 1. The highest BCUT2D eigenvalue weighted by Gasteiger charge is 2.12. The fourth-order valence-electron chi connectivity index (χ4n) is 1.07. The third-order valence-corrected chi connectivity index (χ3v) is 1.76. The smallest absolute Gasteiger partial charge is 0.288 e. The molecule has 1 aromatic heterocycles. The maximum absolute atomic E-state index is 11.2. The molecule has 1 heterocycles. The molecule has 1 aromatic rings. The Morgan fingerprint density at radius 3 is 2.86 bits per heavy atom. The lowest BCUT2D eigenvalue weighted by molar-refractivity contribution is -0.385. The van der Waals surface area contributed by atoms with Gasteiger partial charge in [-0.1, -0.05) is 5.92 Å². The van der Waals surface area contributed by atoms with E-state index in [1.54, 1.807) is 0 Å². The second-order valence-corrected chi connectivity index (χ2v) is 2.77. The fraction of sp³-hybridized carbons (Fsp3) is 0.222. The van der Waals surface area contributed by atoms with Crippen molar-refractivity contribution in [2.24, 2.45) is 0 Å². The molecule has 0 amide bonds. The van der Waals surface area contributed by atoms with Gasteiger partial charge in [0.05, 0.1) is 17.7 Å². The number of rotatable bonds is 2. The number of terminal acetylenes is 1. The number of hydrogen-bond acceptors (Lipinski definition) is 3. The Balaban J connectivity index is 3.36. The summed E-state index contributed by atoms with van der Waals surface area (Å²) < 4.78 is 1.13. The molecule has 14 heavy (non-hydrogen) atoms. The number of aryl methyl sites for hydroxylation is 1. The third-order valence-electron chi connectivity index (χ3n) is 1.76. The number of pyridine rings is 1. The summed E-state index contributed by atoms with van der Waals surface area (Å²) in [5.74, 6) is 2.25. The SMILES string of the molecule is C#CCn1cc([N+](=O)[O-])c(C)cc1=O. The van der Waals surface area contributed by atoms with Gasteiger partial charge in [-0.2, -0.15) is 0 Å². The Morgan fingerprint density at radius 1 is 1.71 bits per heavy atom. The molecule has 5 nitrogen and oxygen atoms in total. The van der Waals surface area contributed by atoms with Crippen LogP contribution in [0.3, 0.4) is 0 Å². The first-order chi connectivity index (χ1) is 6.56. The topological polar surface area (TPSA) is 65.1 Å². The Labute approximate surface area is 80.1 Å². The summed E-state index contributed by atoms with van der Waals surface area (Å²) in [7, 11) is 0. The Hall–Kier alpha value is -2.09. The van der Waals surface area contributed by atoms with Crippen LogP contribution in [0.4, 0.5) is 5.69 Å². The standard InChI is InChI=1S/C9H8N2O3/c1-3-4-10-6-8(11(13)14)7(2)5-9(10)12/h1,5-6H,4H2,2H3. The van der Waals surface area contributed by atoms with E-state index < -0.39 is 4.92 Å². The van der Waals surface area contributed by atoms with Crippen molar-refractivity contribution in [3.63, 3.8) is 0 Å². The molecule has 1 rings (SSSR count). The van der Waals surface area contributed by atoms with Gasteiger partial charge in [0.15, 0.2) is 0 Å². The van der Waals surface area contributed by atoms with Gasteiger partial charge in [-0.05, 0) is 6.92 Å². The lowest BCUT2D eigenvalue weighted by Gasteiger charge is -2.01. The summed E-state index contributed by atoms with van der Waals surface area (Å²) in [6, 6.07) is 1.20. The minimum Gasteiger partial charge on any atom is -0.297 e. The summed E-state index contributed by atoms with van der Waals surface area (Å²) in [5, 5.41) is 10.5. The normalized spacial score (nSPS) is 9.43. The van der Waals surface area contributed by atoms with Crippen molar-refractivity contribution in [2.75, 3.05) is 0 Å². The van der Waals surface area contributed by atoms with E-state index in [4.69, 9.17) is 6.42 Å². The maximum Gasteiger partial charge on any atom is 0.288 e. The van der Waals surface area contributed by atoms with Gasteiger partial charge in [0.1, 0.15) is 0 Å². The van der Waals surface area contributed by atoms with Crippen LogP contribution in [0.5, 0.6) is 0 Å². The van der Waals surface area contributed by atoms with E-state index >= 15 is 0 Å². The van der Waals surface area contributed by atoms with Gasteiger partial charge in [-0.3, -0.25) is 19.5 Å². The van der Waals surface area contributed by atoms with Crippen LogP contribution in [-0.4, -0.2) is 9.49 Å². The molecule has 0 radical (unpaired) electrons. The van der Waals surface area contributed by atoms with Crippen LogP contribution in [0.2, 0.25) is 0 Å². The zero-order valence-corrected chi connectivity index (χ0v) is 7.56. The molecule has 0 spiro atoms. The molecule has 0 N–H and O–H groups in total. The minimum atomic E-state index is -0.540. The summed E-state index contributed by atoms with van der Waals surface area (Å²) in [6.07, 6.45) is 6.18. The van der Waals surface area contributed by atoms with Crippen molar-refractivity contribution in [1.82, 2.24) is 4.57 Å². The van der Waals surface area contributed by atoms with Crippen LogP contribution in [0.1, 0.15) is 5.56 Å².